The van der Waals surface area contributed by atoms with E-state index in [0.717, 1.165) is 31.7 Å². The zero-order valence-corrected chi connectivity index (χ0v) is 12.6. The average molecular weight is 262 g/mol. The van der Waals surface area contributed by atoms with Crippen LogP contribution < -0.4 is 10.5 Å². The molecule has 1 aliphatic heterocycles. The van der Waals surface area contributed by atoms with Gasteiger partial charge >= 0.3 is 0 Å². The molecule has 0 spiro atoms. The van der Waals surface area contributed by atoms with Crippen LogP contribution in [0.5, 0.6) is 5.75 Å². The number of aryl methyl sites for hydroxylation is 1. The maximum atomic E-state index is 6.13. The predicted molar refractivity (Wildman–Crippen MR) is 79.4 cm³/mol. The van der Waals surface area contributed by atoms with Crippen molar-refractivity contribution < 1.29 is 4.74 Å². The smallest absolute Gasteiger partial charge is 0.123 e. The molecule has 0 saturated carbocycles. The van der Waals surface area contributed by atoms with Crippen LogP contribution in [0.3, 0.4) is 0 Å². The van der Waals surface area contributed by atoms with Crippen molar-refractivity contribution in [2.45, 2.75) is 51.7 Å². The van der Waals surface area contributed by atoms with Gasteiger partial charge in [-0.2, -0.15) is 0 Å². The van der Waals surface area contributed by atoms with Crippen molar-refractivity contribution in [1.82, 2.24) is 4.90 Å². The van der Waals surface area contributed by atoms with Gasteiger partial charge in [-0.25, -0.2) is 0 Å². The highest BCUT2D eigenvalue weighted by Gasteiger charge is 2.33. The Kier molecular flexibility index (Phi) is 4.16. The maximum absolute atomic E-state index is 6.13. The first-order valence-electron chi connectivity index (χ1n) is 7.06. The van der Waals surface area contributed by atoms with Gasteiger partial charge in [0.1, 0.15) is 5.75 Å². The lowest BCUT2D eigenvalue weighted by atomic mass is 9.88. The van der Waals surface area contributed by atoms with Gasteiger partial charge in [0.25, 0.3) is 0 Å². The molecule has 0 bridgehead atoms. The molecule has 2 rings (SSSR count). The molecule has 1 saturated heterocycles. The second kappa shape index (κ2) is 5.51. The van der Waals surface area contributed by atoms with Crippen molar-refractivity contribution in [3.8, 4) is 5.75 Å². The van der Waals surface area contributed by atoms with E-state index in [-0.39, 0.29) is 5.54 Å². The molecule has 0 radical (unpaired) electrons. The minimum atomic E-state index is 0.213. The van der Waals surface area contributed by atoms with E-state index in [9.17, 15) is 0 Å². The summed E-state index contributed by atoms with van der Waals surface area (Å²) in [4.78, 5) is 2.48. The molecule has 1 unspecified atom stereocenters. The summed E-state index contributed by atoms with van der Waals surface area (Å²) >= 11 is 0. The van der Waals surface area contributed by atoms with Crippen molar-refractivity contribution in [3.63, 3.8) is 0 Å². The second-order valence-corrected chi connectivity index (χ2v) is 6.31. The third-order valence-electron chi connectivity index (χ3n) is 4.23. The summed E-state index contributed by atoms with van der Waals surface area (Å²) in [5, 5.41) is 0. The lowest BCUT2D eigenvalue weighted by Crippen LogP contribution is -2.53. The predicted octanol–water partition coefficient (Wildman–Crippen LogP) is 2.71. The number of hydrogen-bond donors (Lipinski definition) is 1. The van der Waals surface area contributed by atoms with Crippen LogP contribution in [-0.4, -0.2) is 30.1 Å². The molecule has 1 heterocycles. The minimum Gasteiger partial charge on any atom is -0.496 e. The number of ether oxygens (including phenoxy) is 1. The highest BCUT2D eigenvalue weighted by Crippen LogP contribution is 2.31. The molecule has 3 nitrogen and oxygen atoms in total. The lowest BCUT2D eigenvalue weighted by molar-refractivity contribution is 0.0578. The first-order chi connectivity index (χ1) is 8.92. The fraction of sp³-hybridized carbons (Fsp3) is 0.625. The molecule has 2 N–H and O–H groups in total. The SMILES string of the molecule is COc1ccc(C)cc1CN1CC(N)CCC1(C)C. The minimum absolute atomic E-state index is 0.213. The molecule has 1 aromatic rings. The summed E-state index contributed by atoms with van der Waals surface area (Å²) in [6.07, 6.45) is 2.27. The molecule has 0 aliphatic carbocycles. The number of rotatable bonds is 3. The van der Waals surface area contributed by atoms with Crippen LogP contribution in [0.25, 0.3) is 0 Å². The Morgan fingerprint density at radius 1 is 1.42 bits per heavy atom. The summed E-state index contributed by atoms with van der Waals surface area (Å²) in [5.41, 5.74) is 8.87. The van der Waals surface area contributed by atoms with Gasteiger partial charge in [-0.3, -0.25) is 4.90 Å². The van der Waals surface area contributed by atoms with Crippen LogP contribution in [0.2, 0.25) is 0 Å². The fourth-order valence-corrected chi connectivity index (χ4v) is 2.83. The van der Waals surface area contributed by atoms with Gasteiger partial charge in [0.05, 0.1) is 7.11 Å². The van der Waals surface area contributed by atoms with Crippen molar-refractivity contribution >= 4 is 0 Å². The maximum Gasteiger partial charge on any atom is 0.123 e. The third kappa shape index (κ3) is 3.28. The van der Waals surface area contributed by atoms with Gasteiger partial charge in [-0.05, 0) is 39.7 Å². The molecule has 0 amide bonds. The quantitative estimate of drug-likeness (QED) is 0.910. The monoisotopic (exact) mass is 262 g/mol. The molecule has 0 aromatic heterocycles. The molecular formula is C16H26N2O. The highest BCUT2D eigenvalue weighted by molar-refractivity contribution is 5.37. The molecule has 19 heavy (non-hydrogen) atoms. The largest absolute Gasteiger partial charge is 0.496 e. The zero-order chi connectivity index (χ0) is 14.0. The Labute approximate surface area is 116 Å². The number of piperidine rings is 1. The second-order valence-electron chi connectivity index (χ2n) is 6.31. The van der Waals surface area contributed by atoms with E-state index in [0.29, 0.717) is 6.04 Å². The first kappa shape index (κ1) is 14.4. The van der Waals surface area contributed by atoms with Crippen molar-refractivity contribution in [3.05, 3.63) is 29.3 Å². The summed E-state index contributed by atoms with van der Waals surface area (Å²) in [6.45, 7) is 8.61. The number of likely N-dealkylation sites (tertiary alicyclic amines) is 1. The Morgan fingerprint density at radius 3 is 2.84 bits per heavy atom. The van der Waals surface area contributed by atoms with E-state index in [2.05, 4.69) is 43.9 Å². The molecule has 1 atom stereocenters. The topological polar surface area (TPSA) is 38.5 Å². The van der Waals surface area contributed by atoms with Crippen LogP contribution in [0.1, 0.15) is 37.8 Å². The van der Waals surface area contributed by atoms with Gasteiger partial charge < -0.3 is 10.5 Å². The van der Waals surface area contributed by atoms with E-state index in [1.54, 1.807) is 7.11 Å². The number of methoxy groups -OCH3 is 1. The first-order valence-corrected chi connectivity index (χ1v) is 7.06. The van der Waals surface area contributed by atoms with Crippen molar-refractivity contribution in [2.75, 3.05) is 13.7 Å². The molecule has 3 heteroatoms. The summed E-state index contributed by atoms with van der Waals surface area (Å²) in [6, 6.07) is 6.66. The highest BCUT2D eigenvalue weighted by atomic mass is 16.5. The van der Waals surface area contributed by atoms with E-state index in [4.69, 9.17) is 10.5 Å². The van der Waals surface area contributed by atoms with Gasteiger partial charge in [0.2, 0.25) is 0 Å². The lowest BCUT2D eigenvalue weighted by Gasteiger charge is -2.45. The average Bonchev–Trinajstić information content (AvgIpc) is 2.35. The Hall–Kier alpha value is -1.06. The van der Waals surface area contributed by atoms with E-state index in [1.165, 1.54) is 11.1 Å². The van der Waals surface area contributed by atoms with Crippen molar-refractivity contribution in [2.24, 2.45) is 5.73 Å². The van der Waals surface area contributed by atoms with Gasteiger partial charge in [-0.1, -0.05) is 17.7 Å². The summed E-state index contributed by atoms with van der Waals surface area (Å²) in [7, 11) is 1.74. The normalized spacial score (nSPS) is 23.3. The van der Waals surface area contributed by atoms with Gasteiger partial charge in [0.15, 0.2) is 0 Å². The van der Waals surface area contributed by atoms with E-state index >= 15 is 0 Å². The van der Waals surface area contributed by atoms with Crippen LogP contribution in [0, 0.1) is 6.92 Å². The number of nitrogens with zero attached hydrogens (tertiary/aromatic N) is 1. The molecule has 106 valence electrons. The number of hydrogen-bond acceptors (Lipinski definition) is 3. The molecular weight excluding hydrogens is 236 g/mol. The number of nitrogens with two attached hydrogens (primary N) is 1. The Balaban J connectivity index is 2.21. The summed E-state index contributed by atoms with van der Waals surface area (Å²) in [5.74, 6) is 0.973. The van der Waals surface area contributed by atoms with Crippen LogP contribution in [0.4, 0.5) is 0 Å². The standard InChI is InChI=1S/C16H26N2O/c1-12-5-6-15(19-4)13(9-12)10-18-11-14(17)7-8-16(18,2)3/h5-6,9,14H,7-8,10-11,17H2,1-4H3. The molecule has 1 aliphatic rings. The Bertz CT molecular complexity index is 442. The van der Waals surface area contributed by atoms with Crippen LogP contribution in [-0.2, 0) is 6.54 Å². The molecule has 1 aromatic carbocycles. The Morgan fingerprint density at radius 2 is 2.16 bits per heavy atom. The van der Waals surface area contributed by atoms with E-state index < -0.39 is 0 Å². The van der Waals surface area contributed by atoms with Crippen LogP contribution in [0.15, 0.2) is 18.2 Å². The van der Waals surface area contributed by atoms with Crippen LogP contribution >= 0.6 is 0 Å². The van der Waals surface area contributed by atoms with Gasteiger partial charge in [-0.15, -0.1) is 0 Å². The summed E-state index contributed by atoms with van der Waals surface area (Å²) < 4.78 is 5.48. The van der Waals surface area contributed by atoms with E-state index in [1.807, 2.05) is 0 Å². The van der Waals surface area contributed by atoms with Crippen molar-refractivity contribution in [1.29, 1.82) is 0 Å². The fourth-order valence-electron chi connectivity index (χ4n) is 2.83. The van der Waals surface area contributed by atoms with Gasteiger partial charge in [0, 0.05) is 30.2 Å². The number of benzene rings is 1. The molecule has 1 fully saturated rings. The third-order valence-corrected chi connectivity index (χ3v) is 4.23. The zero-order valence-electron chi connectivity index (χ0n) is 12.6.